The molecule has 0 fully saturated rings. The van der Waals surface area contributed by atoms with Crippen molar-refractivity contribution >= 4 is 11.9 Å². The molecule has 0 rings (SSSR count). The van der Waals surface area contributed by atoms with E-state index in [0.717, 1.165) is 44.9 Å². The molecule has 0 aromatic heterocycles. The molecule has 0 spiro atoms. The van der Waals surface area contributed by atoms with Crippen LogP contribution in [0, 0.1) is 0 Å². The standard InChI is InChI=1S/C56H107NO5/c1-3-5-7-9-11-13-15-17-25-28-32-36-40-44-48-54(59)53(52-58)57-55(60)49-45-41-37-33-29-26-23-21-19-18-20-22-24-27-31-35-39-43-47-51-62-56(61)50-46-42-38-34-30-16-14-12-10-8-6-4-2/h12,14,18-19,53-54,58-59H,3-11,13,15-17,20-52H2,1-2H3,(H,57,60)/b14-12-,19-18-. The van der Waals surface area contributed by atoms with Gasteiger partial charge in [-0.25, -0.2) is 0 Å². The van der Waals surface area contributed by atoms with Crippen LogP contribution >= 0.6 is 0 Å². The summed E-state index contributed by atoms with van der Waals surface area (Å²) in [4.78, 5) is 24.4. The molecular weight excluding hydrogens is 767 g/mol. The molecule has 366 valence electrons. The molecule has 0 saturated heterocycles. The summed E-state index contributed by atoms with van der Waals surface area (Å²) in [6.45, 7) is 4.92. The predicted octanol–water partition coefficient (Wildman–Crippen LogP) is 16.7. The van der Waals surface area contributed by atoms with Crippen LogP contribution in [0.1, 0.15) is 296 Å². The summed E-state index contributed by atoms with van der Waals surface area (Å²) in [5.41, 5.74) is 0. The summed E-state index contributed by atoms with van der Waals surface area (Å²) in [5.74, 6) is -0.0504. The number of carbonyl (C=O) groups excluding carboxylic acids is 2. The predicted molar refractivity (Wildman–Crippen MR) is 269 cm³/mol. The molecule has 6 heteroatoms. The van der Waals surface area contributed by atoms with Crippen molar-refractivity contribution in [1.29, 1.82) is 0 Å². The number of allylic oxidation sites excluding steroid dienone is 4. The maximum absolute atomic E-state index is 12.5. The highest BCUT2D eigenvalue weighted by Gasteiger charge is 2.20. The van der Waals surface area contributed by atoms with Gasteiger partial charge in [-0.1, -0.05) is 231 Å². The zero-order valence-electron chi connectivity index (χ0n) is 41.6. The topological polar surface area (TPSA) is 95.9 Å². The Bertz CT molecular complexity index is 966. The van der Waals surface area contributed by atoms with E-state index in [4.69, 9.17) is 4.74 Å². The first-order valence-corrected chi connectivity index (χ1v) is 27.6. The number of ether oxygens (including phenoxy) is 1. The Labute approximate surface area is 386 Å². The Hall–Kier alpha value is -1.66. The molecule has 2 atom stereocenters. The van der Waals surface area contributed by atoms with E-state index in [-0.39, 0.29) is 18.5 Å². The lowest BCUT2D eigenvalue weighted by molar-refractivity contribution is -0.143. The molecule has 0 aromatic carbocycles. The number of rotatable bonds is 51. The molecule has 0 heterocycles. The summed E-state index contributed by atoms with van der Waals surface area (Å²) < 4.78 is 5.45. The van der Waals surface area contributed by atoms with Gasteiger partial charge in [0.25, 0.3) is 0 Å². The van der Waals surface area contributed by atoms with Gasteiger partial charge >= 0.3 is 5.97 Å². The van der Waals surface area contributed by atoms with Gasteiger partial charge < -0.3 is 20.3 Å². The highest BCUT2D eigenvalue weighted by atomic mass is 16.5. The average molecular weight is 874 g/mol. The third-order valence-electron chi connectivity index (χ3n) is 12.7. The van der Waals surface area contributed by atoms with Gasteiger partial charge in [0, 0.05) is 12.8 Å². The molecular formula is C56H107NO5. The second-order valence-electron chi connectivity index (χ2n) is 18.9. The van der Waals surface area contributed by atoms with Crippen molar-refractivity contribution in [1.82, 2.24) is 5.32 Å². The molecule has 3 N–H and O–H groups in total. The smallest absolute Gasteiger partial charge is 0.305 e. The van der Waals surface area contributed by atoms with E-state index in [2.05, 4.69) is 43.5 Å². The zero-order valence-corrected chi connectivity index (χ0v) is 41.6. The number of carbonyl (C=O) groups is 2. The highest BCUT2D eigenvalue weighted by Crippen LogP contribution is 2.16. The van der Waals surface area contributed by atoms with Crippen LogP contribution in [-0.2, 0) is 14.3 Å². The van der Waals surface area contributed by atoms with Crippen molar-refractivity contribution in [2.45, 2.75) is 309 Å². The van der Waals surface area contributed by atoms with Crippen LogP contribution in [0.3, 0.4) is 0 Å². The fraction of sp³-hybridized carbons (Fsp3) is 0.893. The zero-order chi connectivity index (χ0) is 45.1. The molecule has 0 aliphatic heterocycles. The van der Waals surface area contributed by atoms with Crippen molar-refractivity contribution < 1.29 is 24.5 Å². The first kappa shape index (κ1) is 60.3. The molecule has 1 amide bonds. The normalized spacial score (nSPS) is 12.8. The van der Waals surface area contributed by atoms with Crippen LogP contribution in [0.15, 0.2) is 24.3 Å². The maximum Gasteiger partial charge on any atom is 0.305 e. The molecule has 0 aromatic rings. The van der Waals surface area contributed by atoms with Gasteiger partial charge in [-0.3, -0.25) is 9.59 Å². The molecule has 0 radical (unpaired) electrons. The summed E-state index contributed by atoms with van der Waals surface area (Å²) in [6.07, 6.45) is 61.6. The minimum Gasteiger partial charge on any atom is -0.466 e. The van der Waals surface area contributed by atoms with Crippen molar-refractivity contribution in [2.24, 2.45) is 0 Å². The molecule has 6 nitrogen and oxygen atoms in total. The number of hydrogen-bond acceptors (Lipinski definition) is 5. The largest absolute Gasteiger partial charge is 0.466 e. The second-order valence-corrected chi connectivity index (χ2v) is 18.9. The number of aliphatic hydroxyl groups is 2. The minimum atomic E-state index is -0.669. The molecule has 0 aliphatic carbocycles. The molecule has 2 unspecified atom stereocenters. The highest BCUT2D eigenvalue weighted by molar-refractivity contribution is 5.76. The average Bonchev–Trinajstić information content (AvgIpc) is 3.27. The monoisotopic (exact) mass is 874 g/mol. The van der Waals surface area contributed by atoms with Crippen LogP contribution in [0.5, 0.6) is 0 Å². The van der Waals surface area contributed by atoms with E-state index in [1.807, 2.05) is 0 Å². The molecule has 0 saturated carbocycles. The van der Waals surface area contributed by atoms with Gasteiger partial charge in [0.1, 0.15) is 0 Å². The Balaban J connectivity index is 3.45. The van der Waals surface area contributed by atoms with Gasteiger partial charge in [-0.15, -0.1) is 0 Å². The number of aliphatic hydroxyl groups excluding tert-OH is 2. The fourth-order valence-corrected chi connectivity index (χ4v) is 8.45. The van der Waals surface area contributed by atoms with Crippen molar-refractivity contribution in [3.8, 4) is 0 Å². The van der Waals surface area contributed by atoms with Crippen LogP contribution in [0.2, 0.25) is 0 Å². The van der Waals surface area contributed by atoms with E-state index >= 15 is 0 Å². The second kappa shape index (κ2) is 52.0. The van der Waals surface area contributed by atoms with Crippen LogP contribution < -0.4 is 5.32 Å². The summed E-state index contributed by atoms with van der Waals surface area (Å²) in [6, 6.07) is -0.548. The fourth-order valence-electron chi connectivity index (χ4n) is 8.45. The van der Waals surface area contributed by atoms with Gasteiger partial charge in [-0.2, -0.15) is 0 Å². The Kier molecular flexibility index (Phi) is 50.6. The summed E-state index contributed by atoms with van der Waals surface area (Å²) in [7, 11) is 0. The lowest BCUT2D eigenvalue weighted by Gasteiger charge is -2.22. The van der Waals surface area contributed by atoms with Gasteiger partial charge in [0.15, 0.2) is 0 Å². The molecule has 62 heavy (non-hydrogen) atoms. The van der Waals surface area contributed by atoms with Crippen molar-refractivity contribution in [3.05, 3.63) is 24.3 Å². The van der Waals surface area contributed by atoms with E-state index < -0.39 is 12.1 Å². The van der Waals surface area contributed by atoms with Crippen LogP contribution in [0.25, 0.3) is 0 Å². The Morgan fingerprint density at radius 3 is 1.18 bits per heavy atom. The number of unbranched alkanes of at least 4 members (excludes halogenated alkanes) is 36. The Morgan fingerprint density at radius 1 is 0.435 bits per heavy atom. The number of esters is 1. The number of amides is 1. The van der Waals surface area contributed by atoms with E-state index in [1.54, 1.807) is 0 Å². The molecule has 0 aliphatic rings. The van der Waals surface area contributed by atoms with Crippen LogP contribution in [-0.4, -0.2) is 47.4 Å². The summed E-state index contributed by atoms with van der Waals surface area (Å²) >= 11 is 0. The first-order chi connectivity index (χ1) is 30.5. The number of nitrogens with one attached hydrogen (secondary N) is 1. The third kappa shape index (κ3) is 47.8. The summed E-state index contributed by atoms with van der Waals surface area (Å²) in [5, 5.41) is 23.2. The quantitative estimate of drug-likeness (QED) is 0.0321. The lowest BCUT2D eigenvalue weighted by atomic mass is 10.0. The minimum absolute atomic E-state index is 0.00622. The van der Waals surface area contributed by atoms with Gasteiger partial charge in [0.05, 0.1) is 25.4 Å². The number of hydrogen-bond donors (Lipinski definition) is 3. The van der Waals surface area contributed by atoms with E-state index in [1.165, 1.54) is 218 Å². The van der Waals surface area contributed by atoms with Crippen LogP contribution in [0.4, 0.5) is 0 Å². The third-order valence-corrected chi connectivity index (χ3v) is 12.7. The Morgan fingerprint density at radius 2 is 0.758 bits per heavy atom. The van der Waals surface area contributed by atoms with Gasteiger partial charge in [0.2, 0.25) is 5.91 Å². The van der Waals surface area contributed by atoms with E-state index in [0.29, 0.717) is 25.9 Å². The van der Waals surface area contributed by atoms with Gasteiger partial charge in [-0.05, 0) is 77.0 Å². The van der Waals surface area contributed by atoms with E-state index in [9.17, 15) is 19.8 Å². The SMILES string of the molecule is CCCCC/C=C\CCCCCCCC(=O)OCCCCCCCCCC/C=C\CCCCCCCCCC(=O)NC(CO)C(O)CCCCCCCCCCCCCCCC. The lowest BCUT2D eigenvalue weighted by Crippen LogP contribution is -2.45. The maximum atomic E-state index is 12.5. The molecule has 0 bridgehead atoms. The first-order valence-electron chi connectivity index (χ1n) is 27.6. The van der Waals surface area contributed by atoms with Crippen molar-refractivity contribution in [3.63, 3.8) is 0 Å². The van der Waals surface area contributed by atoms with Crippen molar-refractivity contribution in [2.75, 3.05) is 13.2 Å².